The van der Waals surface area contributed by atoms with Gasteiger partial charge in [-0.3, -0.25) is 14.9 Å². The Labute approximate surface area is 168 Å². The largest absolute Gasteiger partial charge is 0.493 e. The Kier molecular flexibility index (Phi) is 5.20. The maximum absolute atomic E-state index is 12.6. The highest BCUT2D eigenvalue weighted by Crippen LogP contribution is 2.40. The number of carbonyl (C=O) groups is 1. The third kappa shape index (κ3) is 3.81. The van der Waals surface area contributed by atoms with Gasteiger partial charge in [0.15, 0.2) is 11.5 Å². The van der Waals surface area contributed by atoms with Gasteiger partial charge in [0.1, 0.15) is 6.61 Å². The Morgan fingerprint density at radius 2 is 1.93 bits per heavy atom. The van der Waals surface area contributed by atoms with Crippen molar-refractivity contribution in [2.24, 2.45) is 5.92 Å². The van der Waals surface area contributed by atoms with Gasteiger partial charge in [-0.25, -0.2) is 0 Å². The fraction of sp³-hybridized carbons (Fsp3) is 0.318. The van der Waals surface area contributed by atoms with Gasteiger partial charge in [0.2, 0.25) is 5.75 Å². The van der Waals surface area contributed by atoms with Gasteiger partial charge < -0.3 is 14.4 Å². The summed E-state index contributed by atoms with van der Waals surface area (Å²) in [6, 6.07) is 12.5. The van der Waals surface area contributed by atoms with Crippen molar-refractivity contribution in [3.63, 3.8) is 0 Å². The fourth-order valence-electron chi connectivity index (χ4n) is 3.92. The van der Waals surface area contributed by atoms with Crippen LogP contribution in [0.4, 0.5) is 5.69 Å². The number of nitrogens with zero attached hydrogens (tertiary/aromatic N) is 2. The second-order valence-corrected chi connectivity index (χ2v) is 7.26. The number of hydrogen-bond acceptors (Lipinski definition) is 6. The van der Waals surface area contributed by atoms with Crippen LogP contribution in [0.15, 0.2) is 48.2 Å². The van der Waals surface area contributed by atoms with E-state index < -0.39 is 4.92 Å². The summed E-state index contributed by atoms with van der Waals surface area (Å²) in [5.74, 6) is 0.538. The molecule has 0 saturated carbocycles. The van der Waals surface area contributed by atoms with E-state index in [2.05, 4.69) is 4.90 Å². The minimum atomic E-state index is -0.486. The monoisotopic (exact) mass is 394 g/mol. The Morgan fingerprint density at radius 1 is 1.21 bits per heavy atom. The Balaban J connectivity index is 1.68. The lowest BCUT2D eigenvalue weighted by Crippen LogP contribution is -2.45. The van der Waals surface area contributed by atoms with Gasteiger partial charge in [-0.05, 0) is 36.1 Å². The Morgan fingerprint density at radius 3 is 2.55 bits per heavy atom. The molecule has 3 saturated heterocycles. The van der Waals surface area contributed by atoms with Crippen molar-refractivity contribution in [2.45, 2.75) is 19.4 Å². The maximum Gasteiger partial charge on any atom is 0.315 e. The second kappa shape index (κ2) is 7.95. The van der Waals surface area contributed by atoms with Crippen molar-refractivity contribution in [3.8, 4) is 11.5 Å². The minimum absolute atomic E-state index is 0.0663. The number of ketones is 1. The number of carbonyl (C=O) groups excluding carboxylic acids is 1. The van der Waals surface area contributed by atoms with Gasteiger partial charge in [-0.2, -0.15) is 0 Å². The number of hydrogen-bond donors (Lipinski definition) is 0. The molecule has 2 aromatic rings. The predicted octanol–water partition coefficient (Wildman–Crippen LogP) is 3.82. The molecule has 2 aromatic carbocycles. The maximum atomic E-state index is 12.6. The van der Waals surface area contributed by atoms with Crippen molar-refractivity contribution >= 4 is 17.5 Å². The van der Waals surface area contributed by atoms with E-state index in [1.165, 1.54) is 13.2 Å². The van der Waals surface area contributed by atoms with Crippen LogP contribution < -0.4 is 9.47 Å². The molecule has 5 rings (SSSR count). The molecular weight excluding hydrogens is 372 g/mol. The summed E-state index contributed by atoms with van der Waals surface area (Å²) >= 11 is 0. The molecule has 7 heteroatoms. The fourth-order valence-corrected chi connectivity index (χ4v) is 3.92. The Hall–Kier alpha value is -3.35. The summed E-state index contributed by atoms with van der Waals surface area (Å²) in [6.07, 6.45) is 3.49. The van der Waals surface area contributed by atoms with Crippen LogP contribution in [0.3, 0.4) is 0 Å². The van der Waals surface area contributed by atoms with Crippen LogP contribution in [0.1, 0.15) is 24.0 Å². The highest BCUT2D eigenvalue weighted by Gasteiger charge is 2.36. The van der Waals surface area contributed by atoms with E-state index in [0.29, 0.717) is 11.3 Å². The number of Topliss-reactive ketones (excluding diaryl/α,β-unsaturated/α-hetero) is 1. The van der Waals surface area contributed by atoms with Gasteiger partial charge >= 0.3 is 5.69 Å². The molecule has 7 nitrogen and oxygen atoms in total. The number of fused-ring (bicyclic) bond motifs is 3. The first-order valence-corrected chi connectivity index (χ1v) is 9.61. The molecule has 3 heterocycles. The van der Waals surface area contributed by atoms with E-state index in [1.54, 1.807) is 12.1 Å². The number of benzene rings is 2. The zero-order chi connectivity index (χ0) is 20.4. The number of piperidine rings is 3. The lowest BCUT2D eigenvalue weighted by molar-refractivity contribution is -0.386. The van der Waals surface area contributed by atoms with Crippen LogP contribution in [-0.4, -0.2) is 35.8 Å². The molecule has 2 bridgehead atoms. The zero-order valence-electron chi connectivity index (χ0n) is 16.2. The molecule has 0 radical (unpaired) electrons. The molecule has 0 aliphatic carbocycles. The highest BCUT2D eigenvalue weighted by atomic mass is 16.6. The van der Waals surface area contributed by atoms with E-state index in [4.69, 9.17) is 9.47 Å². The predicted molar refractivity (Wildman–Crippen MR) is 108 cm³/mol. The summed E-state index contributed by atoms with van der Waals surface area (Å²) in [5, 5.41) is 11.7. The van der Waals surface area contributed by atoms with Gasteiger partial charge in [0.05, 0.1) is 17.7 Å². The summed E-state index contributed by atoms with van der Waals surface area (Å²) in [4.78, 5) is 25.9. The van der Waals surface area contributed by atoms with Crippen LogP contribution in [0.5, 0.6) is 11.5 Å². The van der Waals surface area contributed by atoms with Gasteiger partial charge in [0, 0.05) is 25.1 Å². The van der Waals surface area contributed by atoms with Crippen molar-refractivity contribution in [2.75, 3.05) is 20.2 Å². The third-order valence-electron chi connectivity index (χ3n) is 5.46. The summed E-state index contributed by atoms with van der Waals surface area (Å²) < 4.78 is 11.1. The first-order chi connectivity index (χ1) is 14.1. The average Bonchev–Trinajstić information content (AvgIpc) is 2.75. The standard InChI is InChI=1S/C22H22N2O5/c1-28-20-13-16(11-18-21(25)17-7-9-23(18)10-8-17)12-19(24(26)27)22(20)29-14-15-5-3-2-4-6-15/h2-6,11-13,17H,7-10,14H2,1H3/b18-11-. The Bertz CT molecular complexity index is 963. The molecule has 0 N–H and O–H groups in total. The number of nitro groups is 1. The zero-order valence-corrected chi connectivity index (χ0v) is 16.2. The van der Waals surface area contributed by atoms with Crippen LogP contribution in [0.25, 0.3) is 6.08 Å². The van der Waals surface area contributed by atoms with Crippen LogP contribution in [0.2, 0.25) is 0 Å². The summed E-state index contributed by atoms with van der Waals surface area (Å²) in [5.41, 5.74) is 1.89. The van der Waals surface area contributed by atoms with E-state index in [-0.39, 0.29) is 35.5 Å². The normalized spacial score (nSPS) is 17.6. The van der Waals surface area contributed by atoms with Crippen molar-refractivity contribution in [3.05, 3.63) is 69.4 Å². The summed E-state index contributed by atoms with van der Waals surface area (Å²) in [7, 11) is 1.45. The van der Waals surface area contributed by atoms with E-state index in [0.717, 1.165) is 31.5 Å². The number of nitro benzene ring substituents is 1. The minimum Gasteiger partial charge on any atom is -0.493 e. The second-order valence-electron chi connectivity index (χ2n) is 7.26. The van der Waals surface area contributed by atoms with E-state index >= 15 is 0 Å². The molecular formula is C22H22N2O5. The SMILES string of the molecule is COc1cc(/C=C2/C(=O)C3CCN2CC3)cc([N+](=O)[O-])c1OCc1ccccc1. The highest BCUT2D eigenvalue weighted by molar-refractivity contribution is 6.02. The smallest absolute Gasteiger partial charge is 0.315 e. The molecule has 0 unspecified atom stereocenters. The van der Waals surface area contributed by atoms with Gasteiger partial charge in [-0.1, -0.05) is 30.3 Å². The molecule has 150 valence electrons. The number of ether oxygens (including phenoxy) is 2. The van der Waals surface area contributed by atoms with Crippen LogP contribution in [0, 0.1) is 16.0 Å². The summed E-state index contributed by atoms with van der Waals surface area (Å²) in [6.45, 7) is 1.88. The van der Waals surface area contributed by atoms with Crippen molar-refractivity contribution < 1.29 is 19.2 Å². The topological polar surface area (TPSA) is 81.9 Å². The number of rotatable bonds is 6. The molecule has 0 spiro atoms. The van der Waals surface area contributed by atoms with Crippen LogP contribution in [-0.2, 0) is 11.4 Å². The van der Waals surface area contributed by atoms with Gasteiger partial charge in [-0.15, -0.1) is 0 Å². The van der Waals surface area contributed by atoms with Crippen molar-refractivity contribution in [1.29, 1.82) is 0 Å². The molecule has 3 aliphatic rings. The number of allylic oxidation sites excluding steroid dienone is 1. The average molecular weight is 394 g/mol. The quantitative estimate of drug-likeness (QED) is 0.421. The van der Waals surface area contributed by atoms with Gasteiger partial charge in [0.25, 0.3) is 0 Å². The van der Waals surface area contributed by atoms with E-state index in [9.17, 15) is 14.9 Å². The van der Waals surface area contributed by atoms with E-state index in [1.807, 2.05) is 30.3 Å². The lowest BCUT2D eigenvalue weighted by Gasteiger charge is -2.41. The molecule has 0 amide bonds. The van der Waals surface area contributed by atoms with Crippen molar-refractivity contribution in [1.82, 2.24) is 4.90 Å². The third-order valence-corrected chi connectivity index (χ3v) is 5.46. The molecule has 3 fully saturated rings. The molecule has 29 heavy (non-hydrogen) atoms. The molecule has 0 aromatic heterocycles. The number of methoxy groups -OCH3 is 1. The lowest BCUT2D eigenvalue weighted by atomic mass is 9.84. The molecule has 0 atom stereocenters. The molecule has 3 aliphatic heterocycles. The van der Waals surface area contributed by atoms with Crippen LogP contribution >= 0.6 is 0 Å². The first kappa shape index (κ1) is 19.0. The first-order valence-electron chi connectivity index (χ1n) is 9.61.